The van der Waals surface area contributed by atoms with E-state index in [0.29, 0.717) is 11.0 Å². The molecule has 2 N–H and O–H groups in total. The molecule has 0 aliphatic carbocycles. The van der Waals surface area contributed by atoms with E-state index in [1.54, 1.807) is 6.07 Å². The Kier molecular flexibility index (Phi) is 2.45. The van der Waals surface area contributed by atoms with E-state index in [0.717, 1.165) is 0 Å². The van der Waals surface area contributed by atoms with Crippen molar-refractivity contribution in [1.29, 1.82) is 0 Å². The molecule has 86 valence electrons. The predicted molar refractivity (Wildman–Crippen MR) is 52.6 cm³/mol. The normalized spacial score (nSPS) is 12.2. The fourth-order valence-electron chi connectivity index (χ4n) is 1.47. The second kappa shape index (κ2) is 3.66. The summed E-state index contributed by atoms with van der Waals surface area (Å²) in [6.07, 6.45) is -2.16. The number of nitrogens with two attached hydrogens (primary N) is 1. The minimum Gasteiger partial charge on any atom is -0.369 e. The van der Waals surface area contributed by atoms with Gasteiger partial charge in [-0.2, -0.15) is 13.2 Å². The maximum atomic E-state index is 12.1. The number of hydrogen-bond donors (Lipinski definition) is 1. The number of nitrogen functional groups attached to an aromatic ring is 1. The number of pyridine rings is 1. The Labute approximate surface area is 88.9 Å². The average Bonchev–Trinajstić information content (AvgIpc) is 2.49. The molecule has 2 heterocycles. The molecule has 0 radical (unpaired) electrons. The van der Waals surface area contributed by atoms with Gasteiger partial charge in [-0.3, -0.25) is 4.98 Å². The SMILES string of the molecule is Nc1nc2cnccc2n1CCC(F)(F)F. The molecule has 0 saturated carbocycles. The maximum Gasteiger partial charge on any atom is 0.390 e. The van der Waals surface area contributed by atoms with Crippen LogP contribution in [-0.4, -0.2) is 20.7 Å². The highest BCUT2D eigenvalue weighted by atomic mass is 19.4. The Bertz CT molecular complexity index is 503. The summed E-state index contributed by atoms with van der Waals surface area (Å²) in [5.41, 5.74) is 6.61. The third-order valence-corrected chi connectivity index (χ3v) is 2.20. The van der Waals surface area contributed by atoms with Crippen LogP contribution in [0.2, 0.25) is 0 Å². The molecule has 0 atom stereocenters. The van der Waals surface area contributed by atoms with E-state index < -0.39 is 12.6 Å². The number of hydrogen-bond acceptors (Lipinski definition) is 3. The third-order valence-electron chi connectivity index (χ3n) is 2.20. The number of alkyl halides is 3. The Hall–Kier alpha value is -1.79. The Morgan fingerprint density at radius 2 is 2.12 bits per heavy atom. The van der Waals surface area contributed by atoms with Crippen LogP contribution in [-0.2, 0) is 6.54 Å². The second-order valence-electron chi connectivity index (χ2n) is 3.35. The van der Waals surface area contributed by atoms with Gasteiger partial charge in [0.1, 0.15) is 5.52 Å². The molecule has 4 nitrogen and oxygen atoms in total. The van der Waals surface area contributed by atoms with E-state index in [4.69, 9.17) is 5.73 Å². The van der Waals surface area contributed by atoms with Crippen LogP contribution in [0, 0.1) is 0 Å². The zero-order valence-electron chi connectivity index (χ0n) is 8.20. The van der Waals surface area contributed by atoms with E-state index in [1.165, 1.54) is 17.0 Å². The van der Waals surface area contributed by atoms with Crippen LogP contribution in [0.4, 0.5) is 19.1 Å². The number of anilines is 1. The predicted octanol–water partition coefficient (Wildman–Crippen LogP) is 1.97. The van der Waals surface area contributed by atoms with Gasteiger partial charge in [0.05, 0.1) is 18.1 Å². The van der Waals surface area contributed by atoms with Crippen molar-refractivity contribution >= 4 is 17.0 Å². The lowest BCUT2D eigenvalue weighted by Gasteiger charge is -2.08. The summed E-state index contributed by atoms with van der Waals surface area (Å²) in [5, 5.41) is 0. The van der Waals surface area contributed by atoms with Crippen molar-refractivity contribution in [3.8, 4) is 0 Å². The molecular formula is C9H9F3N4. The minimum absolute atomic E-state index is 0.0762. The Balaban J connectivity index is 2.33. The summed E-state index contributed by atoms with van der Waals surface area (Å²) in [5.74, 6) is 0.0762. The minimum atomic E-state index is -4.20. The molecule has 0 aromatic carbocycles. The van der Waals surface area contributed by atoms with Crippen LogP contribution in [0.25, 0.3) is 11.0 Å². The van der Waals surface area contributed by atoms with Gasteiger partial charge in [-0.25, -0.2) is 4.98 Å². The van der Waals surface area contributed by atoms with Gasteiger partial charge in [0, 0.05) is 12.7 Å². The van der Waals surface area contributed by atoms with Crippen LogP contribution in [0.15, 0.2) is 18.5 Å². The summed E-state index contributed by atoms with van der Waals surface area (Å²) in [7, 11) is 0. The Morgan fingerprint density at radius 1 is 1.38 bits per heavy atom. The number of aryl methyl sites for hydroxylation is 1. The number of imidazole rings is 1. The summed E-state index contributed by atoms with van der Waals surface area (Å²) >= 11 is 0. The smallest absolute Gasteiger partial charge is 0.369 e. The van der Waals surface area contributed by atoms with Gasteiger partial charge in [-0.05, 0) is 6.07 Å². The van der Waals surface area contributed by atoms with Crippen LogP contribution < -0.4 is 5.73 Å². The number of nitrogens with zero attached hydrogens (tertiary/aromatic N) is 3. The van der Waals surface area contributed by atoms with E-state index in [9.17, 15) is 13.2 Å². The molecule has 0 spiro atoms. The highest BCUT2D eigenvalue weighted by Gasteiger charge is 2.27. The monoisotopic (exact) mass is 230 g/mol. The van der Waals surface area contributed by atoms with Crippen LogP contribution in [0.3, 0.4) is 0 Å². The lowest BCUT2D eigenvalue weighted by Crippen LogP contribution is -2.13. The summed E-state index contributed by atoms with van der Waals surface area (Å²) in [6.45, 7) is -0.226. The first-order valence-corrected chi connectivity index (χ1v) is 4.60. The van der Waals surface area contributed by atoms with Gasteiger partial charge in [0.2, 0.25) is 5.95 Å². The molecule has 0 aliphatic heterocycles. The topological polar surface area (TPSA) is 56.7 Å². The molecule has 2 aromatic rings. The van der Waals surface area contributed by atoms with Crippen LogP contribution >= 0.6 is 0 Å². The summed E-state index contributed by atoms with van der Waals surface area (Å²) in [6, 6.07) is 1.59. The second-order valence-corrected chi connectivity index (χ2v) is 3.35. The van der Waals surface area contributed by atoms with E-state index in [-0.39, 0.29) is 12.5 Å². The first-order valence-electron chi connectivity index (χ1n) is 4.60. The summed E-state index contributed by atoms with van der Waals surface area (Å²) < 4.78 is 37.6. The van der Waals surface area contributed by atoms with Gasteiger partial charge < -0.3 is 10.3 Å². The zero-order valence-corrected chi connectivity index (χ0v) is 8.20. The van der Waals surface area contributed by atoms with Crippen molar-refractivity contribution < 1.29 is 13.2 Å². The van der Waals surface area contributed by atoms with Gasteiger partial charge in [0.15, 0.2) is 0 Å². The van der Waals surface area contributed by atoms with Gasteiger partial charge in [-0.1, -0.05) is 0 Å². The largest absolute Gasteiger partial charge is 0.390 e. The lowest BCUT2D eigenvalue weighted by molar-refractivity contribution is -0.136. The quantitative estimate of drug-likeness (QED) is 0.858. The van der Waals surface area contributed by atoms with E-state index >= 15 is 0 Å². The molecule has 0 unspecified atom stereocenters. The molecule has 0 aliphatic rings. The lowest BCUT2D eigenvalue weighted by atomic mass is 10.3. The fraction of sp³-hybridized carbons (Fsp3) is 0.333. The maximum absolute atomic E-state index is 12.1. The highest BCUT2D eigenvalue weighted by Crippen LogP contribution is 2.23. The van der Waals surface area contributed by atoms with Crippen molar-refractivity contribution in [1.82, 2.24) is 14.5 Å². The van der Waals surface area contributed by atoms with Crippen molar-refractivity contribution in [2.75, 3.05) is 5.73 Å². The van der Waals surface area contributed by atoms with Crippen molar-refractivity contribution in [3.05, 3.63) is 18.5 Å². The standard InChI is InChI=1S/C9H9F3N4/c10-9(11,12)2-4-16-7-1-3-14-5-6(7)15-8(16)13/h1,3,5H,2,4H2,(H2,13,15). The van der Waals surface area contributed by atoms with E-state index in [2.05, 4.69) is 9.97 Å². The zero-order chi connectivity index (χ0) is 11.8. The first-order chi connectivity index (χ1) is 7.47. The molecule has 16 heavy (non-hydrogen) atoms. The number of rotatable bonds is 2. The number of fused-ring (bicyclic) bond motifs is 1. The molecule has 7 heteroatoms. The van der Waals surface area contributed by atoms with Gasteiger partial charge >= 0.3 is 6.18 Å². The van der Waals surface area contributed by atoms with Crippen LogP contribution in [0.1, 0.15) is 6.42 Å². The first kappa shape index (κ1) is 10.7. The molecule has 2 rings (SSSR count). The van der Waals surface area contributed by atoms with Gasteiger partial charge in [-0.15, -0.1) is 0 Å². The molecule has 0 fully saturated rings. The molecule has 0 bridgehead atoms. The summed E-state index contributed by atoms with van der Waals surface area (Å²) in [4.78, 5) is 7.75. The number of halogens is 3. The number of aromatic nitrogens is 3. The average molecular weight is 230 g/mol. The molecular weight excluding hydrogens is 221 g/mol. The van der Waals surface area contributed by atoms with E-state index in [1.807, 2.05) is 0 Å². The molecule has 0 saturated heterocycles. The highest BCUT2D eigenvalue weighted by molar-refractivity contribution is 5.76. The van der Waals surface area contributed by atoms with Crippen LogP contribution in [0.5, 0.6) is 0 Å². The Morgan fingerprint density at radius 3 is 2.81 bits per heavy atom. The van der Waals surface area contributed by atoms with Crippen molar-refractivity contribution in [2.45, 2.75) is 19.1 Å². The van der Waals surface area contributed by atoms with Crippen molar-refractivity contribution in [3.63, 3.8) is 0 Å². The third kappa shape index (κ3) is 2.07. The molecule has 2 aromatic heterocycles. The fourth-order valence-corrected chi connectivity index (χ4v) is 1.47. The van der Waals surface area contributed by atoms with Crippen molar-refractivity contribution in [2.24, 2.45) is 0 Å². The van der Waals surface area contributed by atoms with Gasteiger partial charge in [0.25, 0.3) is 0 Å². The molecule has 0 amide bonds.